The molecule has 1 amide bonds. The first-order chi connectivity index (χ1) is 12.5. The summed E-state index contributed by atoms with van der Waals surface area (Å²) >= 11 is 1.37. The molecule has 26 heavy (non-hydrogen) atoms. The largest absolute Gasteiger partial charge is 0.372 e. The third-order valence-electron chi connectivity index (χ3n) is 4.78. The highest BCUT2D eigenvalue weighted by molar-refractivity contribution is 7.99. The summed E-state index contributed by atoms with van der Waals surface area (Å²) in [5, 5.41) is 1.30. The number of rotatable bonds is 4. The molecule has 2 fully saturated rings. The number of nitrogens with zero attached hydrogens (tertiary/aromatic N) is 3. The number of para-hydroxylation sites is 1. The van der Waals surface area contributed by atoms with E-state index >= 15 is 0 Å². The van der Waals surface area contributed by atoms with Gasteiger partial charge in [-0.1, -0.05) is 23.9 Å². The van der Waals surface area contributed by atoms with Crippen LogP contribution in [0.15, 0.2) is 34.2 Å². The summed E-state index contributed by atoms with van der Waals surface area (Å²) < 4.78 is 7.48. The predicted octanol–water partition coefficient (Wildman–Crippen LogP) is 2.46. The van der Waals surface area contributed by atoms with Gasteiger partial charge in [0.1, 0.15) is 0 Å². The molecule has 0 radical (unpaired) electrons. The molecule has 0 spiro atoms. The quantitative estimate of drug-likeness (QED) is 0.608. The van der Waals surface area contributed by atoms with E-state index in [1.54, 1.807) is 4.57 Å². The smallest absolute Gasteiger partial charge is 0.262 e. The number of aromatic nitrogens is 2. The third kappa shape index (κ3) is 3.50. The fourth-order valence-corrected chi connectivity index (χ4v) is 4.45. The standard InChI is InChI=1S/C19H23N3O3S/c1-12-9-21(10-13(2)25-12)17(23)11-26-19-20-16-6-4-3-5-15(16)18(24)22(19)14-7-8-14/h3-6,12-14H,7-11H2,1-2H3/t12-,13+. The molecule has 1 saturated heterocycles. The third-order valence-corrected chi connectivity index (χ3v) is 5.72. The molecule has 2 heterocycles. The summed E-state index contributed by atoms with van der Waals surface area (Å²) in [5.41, 5.74) is 0.694. The monoisotopic (exact) mass is 373 g/mol. The zero-order chi connectivity index (χ0) is 18.3. The van der Waals surface area contributed by atoms with Gasteiger partial charge in [0.25, 0.3) is 5.56 Å². The van der Waals surface area contributed by atoms with E-state index in [2.05, 4.69) is 4.98 Å². The van der Waals surface area contributed by atoms with Gasteiger partial charge in [-0.2, -0.15) is 0 Å². The average Bonchev–Trinajstić information content (AvgIpc) is 3.43. The number of morpholine rings is 1. The summed E-state index contributed by atoms with van der Waals surface area (Å²) in [4.78, 5) is 32.0. The number of fused-ring (bicyclic) bond motifs is 1. The number of hydrogen-bond acceptors (Lipinski definition) is 5. The second-order valence-corrected chi connectivity index (χ2v) is 8.11. The number of hydrogen-bond donors (Lipinski definition) is 0. The Bertz CT molecular complexity index is 883. The molecule has 0 unspecified atom stereocenters. The van der Waals surface area contributed by atoms with Crippen molar-refractivity contribution in [1.29, 1.82) is 0 Å². The molecule has 0 N–H and O–H groups in total. The van der Waals surface area contributed by atoms with Crippen molar-refractivity contribution in [3.8, 4) is 0 Å². The van der Waals surface area contributed by atoms with E-state index in [-0.39, 0.29) is 35.5 Å². The van der Waals surface area contributed by atoms with Gasteiger partial charge in [-0.05, 0) is 38.8 Å². The molecule has 2 aliphatic rings. The van der Waals surface area contributed by atoms with Gasteiger partial charge in [0.2, 0.25) is 5.91 Å². The van der Waals surface area contributed by atoms with Crippen LogP contribution >= 0.6 is 11.8 Å². The molecular formula is C19H23N3O3S. The van der Waals surface area contributed by atoms with Crippen LogP contribution in [0.2, 0.25) is 0 Å². The van der Waals surface area contributed by atoms with Gasteiger partial charge < -0.3 is 9.64 Å². The second kappa shape index (κ2) is 7.04. The highest BCUT2D eigenvalue weighted by Gasteiger charge is 2.30. The van der Waals surface area contributed by atoms with Crippen molar-refractivity contribution in [2.75, 3.05) is 18.8 Å². The number of ether oxygens (including phenoxy) is 1. The minimum absolute atomic E-state index is 0.00154. The molecule has 1 aliphatic carbocycles. The Hall–Kier alpha value is -1.86. The lowest BCUT2D eigenvalue weighted by molar-refractivity contribution is -0.140. The molecule has 2 atom stereocenters. The molecular weight excluding hydrogens is 350 g/mol. The van der Waals surface area contributed by atoms with E-state index < -0.39 is 0 Å². The molecule has 1 aliphatic heterocycles. The van der Waals surface area contributed by atoms with Crippen molar-refractivity contribution in [2.24, 2.45) is 0 Å². The topological polar surface area (TPSA) is 64.4 Å². The minimum Gasteiger partial charge on any atom is -0.372 e. The summed E-state index contributed by atoms with van der Waals surface area (Å²) in [6.45, 7) is 5.20. The first-order valence-corrected chi connectivity index (χ1v) is 10.1. The lowest BCUT2D eigenvalue weighted by Gasteiger charge is -2.35. The molecule has 7 heteroatoms. The number of carbonyl (C=O) groups excluding carboxylic acids is 1. The fraction of sp³-hybridized carbons (Fsp3) is 0.526. The summed E-state index contributed by atoms with van der Waals surface area (Å²) in [7, 11) is 0. The van der Waals surface area contributed by atoms with Crippen LogP contribution in [0.5, 0.6) is 0 Å². The highest BCUT2D eigenvalue weighted by Crippen LogP contribution is 2.36. The van der Waals surface area contributed by atoms with Crippen molar-refractivity contribution in [3.63, 3.8) is 0 Å². The summed E-state index contributed by atoms with van der Waals surface area (Å²) in [5.74, 6) is 0.360. The van der Waals surface area contributed by atoms with E-state index in [1.807, 2.05) is 43.0 Å². The van der Waals surface area contributed by atoms with Gasteiger partial charge in [-0.3, -0.25) is 14.2 Å². The maximum absolute atomic E-state index is 12.9. The van der Waals surface area contributed by atoms with Crippen LogP contribution in [-0.2, 0) is 9.53 Å². The average molecular weight is 373 g/mol. The van der Waals surface area contributed by atoms with Crippen molar-refractivity contribution >= 4 is 28.6 Å². The van der Waals surface area contributed by atoms with Gasteiger partial charge in [0.15, 0.2) is 5.16 Å². The van der Waals surface area contributed by atoms with Crippen LogP contribution in [0.1, 0.15) is 32.7 Å². The predicted molar refractivity (Wildman–Crippen MR) is 102 cm³/mol. The van der Waals surface area contributed by atoms with Crippen LogP contribution < -0.4 is 5.56 Å². The van der Waals surface area contributed by atoms with Crippen LogP contribution in [-0.4, -0.2) is 51.4 Å². The van der Waals surface area contributed by atoms with Crippen LogP contribution in [0.25, 0.3) is 10.9 Å². The number of thioether (sulfide) groups is 1. The molecule has 138 valence electrons. The lowest BCUT2D eigenvalue weighted by Crippen LogP contribution is -2.48. The van der Waals surface area contributed by atoms with Crippen LogP contribution in [0.4, 0.5) is 0 Å². The lowest BCUT2D eigenvalue weighted by atomic mass is 10.2. The Kier molecular flexibility index (Phi) is 4.75. The Labute approximate surface area is 156 Å². The van der Waals surface area contributed by atoms with Gasteiger partial charge >= 0.3 is 0 Å². The minimum atomic E-state index is 0.00154. The van der Waals surface area contributed by atoms with Crippen molar-refractivity contribution < 1.29 is 9.53 Å². The summed E-state index contributed by atoms with van der Waals surface area (Å²) in [6, 6.07) is 7.64. The maximum Gasteiger partial charge on any atom is 0.262 e. The van der Waals surface area contributed by atoms with E-state index in [0.717, 1.165) is 12.8 Å². The van der Waals surface area contributed by atoms with Gasteiger partial charge in [0, 0.05) is 19.1 Å². The van der Waals surface area contributed by atoms with E-state index in [4.69, 9.17) is 4.74 Å². The van der Waals surface area contributed by atoms with Crippen molar-refractivity contribution in [2.45, 2.75) is 50.1 Å². The Morgan fingerprint density at radius 2 is 1.92 bits per heavy atom. The van der Waals surface area contributed by atoms with Gasteiger partial charge in [0.05, 0.1) is 28.9 Å². The number of carbonyl (C=O) groups is 1. The Morgan fingerprint density at radius 3 is 2.62 bits per heavy atom. The number of benzene rings is 1. The van der Waals surface area contributed by atoms with Gasteiger partial charge in [-0.15, -0.1) is 0 Å². The zero-order valence-electron chi connectivity index (χ0n) is 15.1. The fourth-order valence-electron chi connectivity index (χ4n) is 3.48. The Morgan fingerprint density at radius 1 is 1.23 bits per heavy atom. The molecule has 1 aromatic heterocycles. The molecule has 6 nitrogen and oxygen atoms in total. The van der Waals surface area contributed by atoms with E-state index in [1.165, 1.54) is 11.8 Å². The SMILES string of the molecule is C[C@@H]1CN(C(=O)CSc2nc3ccccc3c(=O)n2C2CC2)C[C@H](C)O1. The van der Waals surface area contributed by atoms with Crippen molar-refractivity contribution in [3.05, 3.63) is 34.6 Å². The summed E-state index contributed by atoms with van der Waals surface area (Å²) in [6.07, 6.45) is 2.10. The molecule has 0 bridgehead atoms. The molecule has 4 rings (SSSR count). The second-order valence-electron chi connectivity index (χ2n) is 7.16. The van der Waals surface area contributed by atoms with Gasteiger partial charge in [-0.25, -0.2) is 4.98 Å². The number of amides is 1. The van der Waals surface area contributed by atoms with E-state index in [9.17, 15) is 9.59 Å². The van der Waals surface area contributed by atoms with Crippen LogP contribution in [0, 0.1) is 0 Å². The van der Waals surface area contributed by atoms with E-state index in [0.29, 0.717) is 29.1 Å². The first-order valence-electron chi connectivity index (χ1n) is 9.10. The zero-order valence-corrected chi connectivity index (χ0v) is 15.9. The normalized spacial score (nSPS) is 23.4. The van der Waals surface area contributed by atoms with Crippen LogP contribution in [0.3, 0.4) is 0 Å². The molecule has 2 aromatic rings. The molecule has 1 saturated carbocycles. The first kappa shape index (κ1) is 17.5. The molecule has 1 aromatic carbocycles. The Balaban J connectivity index is 1.56. The highest BCUT2D eigenvalue weighted by atomic mass is 32.2. The maximum atomic E-state index is 12.9. The van der Waals surface area contributed by atoms with Crippen molar-refractivity contribution in [1.82, 2.24) is 14.5 Å².